The molecule has 65 heavy (non-hydrogen) atoms. The zero-order valence-corrected chi connectivity index (χ0v) is 43.3. The van der Waals surface area contributed by atoms with Gasteiger partial charge in [-0.1, -0.05) is 243 Å². The first-order chi connectivity index (χ1) is 32.0. The average molecular weight is 911 g/mol. The van der Waals surface area contributed by atoms with E-state index in [-0.39, 0.29) is 31.1 Å². The Morgan fingerprint density at radius 1 is 0.308 bits per heavy atom. The van der Waals surface area contributed by atoms with E-state index < -0.39 is 6.10 Å². The Morgan fingerprint density at radius 2 is 0.569 bits per heavy atom. The van der Waals surface area contributed by atoms with E-state index >= 15 is 0 Å². The number of carbonyl (C=O) groups excluding carboxylic acids is 3. The van der Waals surface area contributed by atoms with Crippen LogP contribution in [0.1, 0.15) is 290 Å². The number of rotatable bonds is 51. The third-order valence-corrected chi connectivity index (χ3v) is 12.3. The van der Waals surface area contributed by atoms with Gasteiger partial charge in [-0.15, -0.1) is 0 Å². The van der Waals surface area contributed by atoms with Crippen LogP contribution in [0.2, 0.25) is 0 Å². The molecule has 378 valence electrons. The van der Waals surface area contributed by atoms with Gasteiger partial charge in [-0.3, -0.25) is 14.4 Å². The minimum absolute atomic E-state index is 0.0882. The second-order valence-electron chi connectivity index (χ2n) is 18.8. The summed E-state index contributed by atoms with van der Waals surface area (Å²) in [5.41, 5.74) is 0. The molecule has 0 aliphatic carbocycles. The van der Waals surface area contributed by atoms with Gasteiger partial charge < -0.3 is 14.2 Å². The second-order valence-corrected chi connectivity index (χ2v) is 18.8. The fourth-order valence-electron chi connectivity index (χ4n) is 8.04. The number of unbranched alkanes of at least 4 members (excludes halogenated alkanes) is 32. The molecule has 0 aromatic carbocycles. The van der Waals surface area contributed by atoms with E-state index in [1.54, 1.807) is 0 Å². The summed E-state index contributed by atoms with van der Waals surface area (Å²) in [5, 5.41) is 0. The summed E-state index contributed by atoms with van der Waals surface area (Å²) < 4.78 is 16.8. The molecule has 0 unspecified atom stereocenters. The quantitative estimate of drug-likeness (QED) is 0.0262. The first kappa shape index (κ1) is 62.4. The fraction of sp³-hybridized carbons (Fsp3) is 0.814. The number of esters is 3. The molecule has 0 radical (unpaired) electrons. The van der Waals surface area contributed by atoms with E-state index in [2.05, 4.69) is 69.4 Å². The lowest BCUT2D eigenvalue weighted by atomic mass is 10.0. The van der Waals surface area contributed by atoms with Crippen LogP contribution in [0.5, 0.6) is 0 Å². The lowest BCUT2D eigenvalue weighted by molar-refractivity contribution is -0.167. The van der Waals surface area contributed by atoms with Gasteiger partial charge in [0.25, 0.3) is 0 Å². The summed E-state index contributed by atoms with van der Waals surface area (Å²) in [5.74, 6) is -0.934. The van der Waals surface area contributed by atoms with Gasteiger partial charge in [0.1, 0.15) is 13.2 Å². The van der Waals surface area contributed by atoms with Gasteiger partial charge in [-0.2, -0.15) is 0 Å². The smallest absolute Gasteiger partial charge is 0.306 e. The van der Waals surface area contributed by atoms with E-state index in [1.807, 2.05) is 0 Å². The van der Waals surface area contributed by atoms with Gasteiger partial charge >= 0.3 is 17.9 Å². The summed E-state index contributed by atoms with van der Waals surface area (Å²) in [6.07, 6.45) is 65.3. The zero-order valence-electron chi connectivity index (χ0n) is 43.3. The summed E-state index contributed by atoms with van der Waals surface area (Å²) >= 11 is 0. The largest absolute Gasteiger partial charge is 0.462 e. The first-order valence-electron chi connectivity index (χ1n) is 28.1. The Kier molecular flexibility index (Phi) is 51.8. The van der Waals surface area contributed by atoms with Crippen LogP contribution in [0.15, 0.2) is 48.6 Å². The highest BCUT2D eigenvalue weighted by Gasteiger charge is 2.19. The molecule has 0 rings (SSSR count). The summed E-state index contributed by atoms with van der Waals surface area (Å²) in [6, 6.07) is 0. The molecule has 0 aromatic rings. The van der Waals surface area contributed by atoms with Crippen molar-refractivity contribution in [1.82, 2.24) is 0 Å². The highest BCUT2D eigenvalue weighted by Crippen LogP contribution is 2.16. The lowest BCUT2D eigenvalue weighted by Crippen LogP contribution is -2.30. The molecule has 0 fully saturated rings. The molecular formula is C59H106O6. The molecule has 0 aromatic heterocycles. The van der Waals surface area contributed by atoms with Crippen LogP contribution in [0, 0.1) is 0 Å². The standard InChI is InChI=1S/C59H106O6/c1-4-7-10-13-16-19-22-25-28-29-32-34-37-40-43-46-49-52-58(61)64-55-56(65-59(62)53-50-47-44-41-38-35-31-27-24-21-18-15-12-9-6-3)54-63-57(60)51-48-45-42-39-36-33-30-26-23-20-17-14-11-8-5-2/h20,23,25,28,32,34,40,43,56H,4-19,21-22,24,26-27,29-31,33,35-39,41-42,44-55H2,1-3H3/b23-20-,28-25-,34-32-,43-40-/t56-/m0/s1. The average Bonchev–Trinajstić information content (AvgIpc) is 3.30. The number of hydrogen-bond acceptors (Lipinski definition) is 6. The Bertz CT molecular complexity index is 1140. The molecule has 0 saturated carbocycles. The molecular weight excluding hydrogens is 805 g/mol. The third kappa shape index (κ3) is 52.2. The maximum Gasteiger partial charge on any atom is 0.306 e. The van der Waals surface area contributed by atoms with Crippen LogP contribution in [-0.2, 0) is 28.6 Å². The minimum Gasteiger partial charge on any atom is -0.462 e. The molecule has 0 heterocycles. The summed E-state index contributed by atoms with van der Waals surface area (Å²) in [6.45, 7) is 6.60. The fourth-order valence-corrected chi connectivity index (χ4v) is 8.04. The lowest BCUT2D eigenvalue weighted by Gasteiger charge is -2.18. The molecule has 0 saturated heterocycles. The van der Waals surface area contributed by atoms with Gasteiger partial charge in [0.2, 0.25) is 0 Å². The summed E-state index contributed by atoms with van der Waals surface area (Å²) in [7, 11) is 0. The molecule has 0 N–H and O–H groups in total. The molecule has 0 aliphatic rings. The van der Waals surface area contributed by atoms with E-state index in [0.717, 1.165) is 57.8 Å². The van der Waals surface area contributed by atoms with Crippen molar-refractivity contribution in [2.24, 2.45) is 0 Å². The number of hydrogen-bond donors (Lipinski definition) is 0. The molecule has 0 aliphatic heterocycles. The van der Waals surface area contributed by atoms with Crippen molar-refractivity contribution in [3.8, 4) is 0 Å². The molecule has 1 atom stereocenters. The summed E-state index contributed by atoms with van der Waals surface area (Å²) in [4.78, 5) is 38.1. The monoisotopic (exact) mass is 911 g/mol. The van der Waals surface area contributed by atoms with Crippen molar-refractivity contribution in [3.63, 3.8) is 0 Å². The van der Waals surface area contributed by atoms with Crippen LogP contribution in [-0.4, -0.2) is 37.2 Å². The number of carbonyl (C=O) groups is 3. The number of allylic oxidation sites excluding steroid dienone is 8. The second kappa shape index (κ2) is 54.0. The highest BCUT2D eigenvalue weighted by molar-refractivity contribution is 5.71. The van der Waals surface area contributed by atoms with Crippen molar-refractivity contribution in [2.75, 3.05) is 13.2 Å². The van der Waals surface area contributed by atoms with Gasteiger partial charge in [0.05, 0.1) is 0 Å². The van der Waals surface area contributed by atoms with Crippen LogP contribution in [0.4, 0.5) is 0 Å². The molecule has 0 bridgehead atoms. The molecule has 6 heteroatoms. The third-order valence-electron chi connectivity index (χ3n) is 12.3. The maximum atomic E-state index is 12.8. The maximum absolute atomic E-state index is 12.8. The van der Waals surface area contributed by atoms with Gasteiger partial charge in [0.15, 0.2) is 6.10 Å². The van der Waals surface area contributed by atoms with Crippen LogP contribution < -0.4 is 0 Å². The predicted molar refractivity (Wildman–Crippen MR) is 279 cm³/mol. The van der Waals surface area contributed by atoms with E-state index in [1.165, 1.54) is 186 Å². The normalized spacial score (nSPS) is 12.4. The Balaban J connectivity index is 4.43. The topological polar surface area (TPSA) is 78.9 Å². The van der Waals surface area contributed by atoms with E-state index in [9.17, 15) is 14.4 Å². The van der Waals surface area contributed by atoms with Crippen molar-refractivity contribution in [1.29, 1.82) is 0 Å². The van der Waals surface area contributed by atoms with Crippen LogP contribution in [0.3, 0.4) is 0 Å². The Labute approximate surface area is 403 Å². The highest BCUT2D eigenvalue weighted by atomic mass is 16.6. The van der Waals surface area contributed by atoms with Crippen molar-refractivity contribution in [2.45, 2.75) is 297 Å². The minimum atomic E-state index is -0.792. The van der Waals surface area contributed by atoms with Gasteiger partial charge in [0, 0.05) is 19.3 Å². The Morgan fingerprint density at radius 3 is 0.954 bits per heavy atom. The van der Waals surface area contributed by atoms with Crippen molar-refractivity contribution < 1.29 is 28.6 Å². The molecule has 0 amide bonds. The SMILES string of the molecule is CCCCCC/C=C\CCCCCCCCCC(=O)OC[C@@H](COC(=O)CCC/C=C\C/C=C\C/C=C\CCCCCCCC)OC(=O)CCCCCCCCCCCCCCCCC. The molecule has 6 nitrogen and oxygen atoms in total. The van der Waals surface area contributed by atoms with Gasteiger partial charge in [-0.25, -0.2) is 0 Å². The van der Waals surface area contributed by atoms with E-state index in [4.69, 9.17) is 14.2 Å². The first-order valence-corrected chi connectivity index (χ1v) is 28.1. The number of ether oxygens (including phenoxy) is 3. The van der Waals surface area contributed by atoms with Crippen LogP contribution >= 0.6 is 0 Å². The van der Waals surface area contributed by atoms with Crippen molar-refractivity contribution in [3.05, 3.63) is 48.6 Å². The van der Waals surface area contributed by atoms with E-state index in [0.29, 0.717) is 25.7 Å². The van der Waals surface area contributed by atoms with Crippen LogP contribution in [0.25, 0.3) is 0 Å². The zero-order chi connectivity index (χ0) is 47.2. The van der Waals surface area contributed by atoms with Gasteiger partial charge in [-0.05, 0) is 77.0 Å². The molecule has 0 spiro atoms. The Hall–Kier alpha value is -2.63. The van der Waals surface area contributed by atoms with Crippen molar-refractivity contribution >= 4 is 17.9 Å². The predicted octanol–water partition coefficient (Wildman–Crippen LogP) is 18.7.